The highest BCUT2D eigenvalue weighted by Gasteiger charge is 2.19. The van der Waals surface area contributed by atoms with Gasteiger partial charge in [0.25, 0.3) is 0 Å². The van der Waals surface area contributed by atoms with Gasteiger partial charge in [0, 0.05) is 30.6 Å². The summed E-state index contributed by atoms with van der Waals surface area (Å²) < 4.78 is 5.48. The number of hydrogen-bond donors (Lipinski definition) is 1. The van der Waals surface area contributed by atoms with Gasteiger partial charge in [-0.05, 0) is 13.0 Å². The summed E-state index contributed by atoms with van der Waals surface area (Å²) in [7, 11) is 1.78. The number of rotatable bonds is 7. The summed E-state index contributed by atoms with van der Waals surface area (Å²) in [5.74, 6) is 0. The van der Waals surface area contributed by atoms with Crippen molar-refractivity contribution < 1.29 is 4.74 Å². The highest BCUT2D eigenvalue weighted by atomic mass is 32.1. The van der Waals surface area contributed by atoms with Crippen LogP contribution in [0.25, 0.3) is 0 Å². The van der Waals surface area contributed by atoms with Crippen molar-refractivity contribution in [3.63, 3.8) is 0 Å². The van der Waals surface area contributed by atoms with E-state index in [-0.39, 0.29) is 6.10 Å². The molecule has 0 saturated carbocycles. The molecule has 0 aliphatic rings. The van der Waals surface area contributed by atoms with Crippen LogP contribution in [-0.2, 0) is 11.2 Å². The van der Waals surface area contributed by atoms with E-state index < -0.39 is 0 Å². The molecule has 0 aromatic carbocycles. The average molecular weight is 228 g/mol. The normalized spacial score (nSPS) is 15.1. The van der Waals surface area contributed by atoms with Crippen molar-refractivity contribution in [2.75, 3.05) is 13.7 Å². The zero-order chi connectivity index (χ0) is 11.1. The molecule has 0 radical (unpaired) electrons. The number of ether oxygens (including phenoxy) is 1. The lowest BCUT2D eigenvalue weighted by Gasteiger charge is -2.25. The third-order valence-corrected chi connectivity index (χ3v) is 3.33. The molecule has 1 aromatic rings. The molecule has 3 nitrogen and oxygen atoms in total. The molecule has 2 unspecified atom stereocenters. The van der Waals surface area contributed by atoms with Crippen molar-refractivity contribution in [1.29, 1.82) is 0 Å². The first kappa shape index (κ1) is 12.6. The zero-order valence-electron chi connectivity index (χ0n) is 9.69. The molecule has 1 N–H and O–H groups in total. The molecule has 0 aliphatic carbocycles. The lowest BCUT2D eigenvalue weighted by molar-refractivity contribution is 0.0661. The summed E-state index contributed by atoms with van der Waals surface area (Å²) in [6.07, 6.45) is 4.27. The van der Waals surface area contributed by atoms with Crippen LogP contribution in [0.5, 0.6) is 0 Å². The monoisotopic (exact) mass is 228 g/mol. The first-order valence-electron chi connectivity index (χ1n) is 5.45. The van der Waals surface area contributed by atoms with Crippen LogP contribution in [0.1, 0.15) is 25.1 Å². The lowest BCUT2D eigenvalue weighted by atomic mass is 10.0. The van der Waals surface area contributed by atoms with E-state index in [1.54, 1.807) is 18.4 Å². The molecule has 2 atom stereocenters. The third-order valence-electron chi connectivity index (χ3n) is 2.52. The quantitative estimate of drug-likeness (QED) is 0.776. The molecule has 0 fully saturated rings. The van der Waals surface area contributed by atoms with Gasteiger partial charge in [-0.15, -0.1) is 11.3 Å². The maximum atomic E-state index is 5.48. The fourth-order valence-corrected chi connectivity index (χ4v) is 2.43. The standard InChI is InChI=1S/C11H20N2OS/c1-4-11(14-3)10(13-5-2)6-9-7-12-8-15-9/h7-8,10-11,13H,4-6H2,1-3H3. The SMILES string of the molecule is CCNC(Cc1cncs1)C(CC)OC. The molecule has 1 heterocycles. The van der Waals surface area contributed by atoms with Gasteiger partial charge in [0.1, 0.15) is 0 Å². The molecule has 1 aromatic heterocycles. The summed E-state index contributed by atoms with van der Waals surface area (Å²) in [5, 5.41) is 3.48. The maximum absolute atomic E-state index is 5.48. The van der Waals surface area contributed by atoms with Crippen LogP contribution in [0.15, 0.2) is 11.7 Å². The van der Waals surface area contributed by atoms with Crippen LogP contribution in [0.2, 0.25) is 0 Å². The summed E-state index contributed by atoms with van der Waals surface area (Å²) >= 11 is 1.71. The summed E-state index contributed by atoms with van der Waals surface area (Å²) in [6.45, 7) is 5.26. The van der Waals surface area contributed by atoms with Gasteiger partial charge in [-0.25, -0.2) is 0 Å². The second kappa shape index (κ2) is 6.93. The Morgan fingerprint density at radius 2 is 2.33 bits per heavy atom. The number of nitrogens with one attached hydrogen (secondary N) is 1. The fourth-order valence-electron chi connectivity index (χ4n) is 1.77. The molecule has 15 heavy (non-hydrogen) atoms. The number of thiazole rings is 1. The molecular formula is C11H20N2OS. The van der Waals surface area contributed by atoms with Crippen molar-refractivity contribution >= 4 is 11.3 Å². The highest BCUT2D eigenvalue weighted by Crippen LogP contribution is 2.13. The predicted molar refractivity (Wildman–Crippen MR) is 64.4 cm³/mol. The Morgan fingerprint density at radius 1 is 1.53 bits per heavy atom. The van der Waals surface area contributed by atoms with Crippen LogP contribution in [0.3, 0.4) is 0 Å². The van der Waals surface area contributed by atoms with Crippen molar-refractivity contribution in [3.05, 3.63) is 16.6 Å². The highest BCUT2D eigenvalue weighted by molar-refractivity contribution is 7.09. The molecule has 0 spiro atoms. The van der Waals surface area contributed by atoms with E-state index in [0.717, 1.165) is 19.4 Å². The zero-order valence-corrected chi connectivity index (χ0v) is 10.5. The van der Waals surface area contributed by atoms with Gasteiger partial charge in [0.05, 0.1) is 11.6 Å². The third kappa shape index (κ3) is 3.89. The summed E-state index contributed by atoms with van der Waals surface area (Å²) in [5.41, 5.74) is 1.88. The Balaban J connectivity index is 2.56. The lowest BCUT2D eigenvalue weighted by Crippen LogP contribution is -2.42. The Labute approximate surface area is 95.9 Å². The average Bonchev–Trinajstić information content (AvgIpc) is 2.72. The molecular weight excluding hydrogens is 208 g/mol. The number of aromatic nitrogens is 1. The first-order chi connectivity index (χ1) is 7.31. The number of hydrogen-bond acceptors (Lipinski definition) is 4. The Kier molecular flexibility index (Phi) is 5.83. The fraction of sp³-hybridized carbons (Fsp3) is 0.727. The van der Waals surface area contributed by atoms with E-state index >= 15 is 0 Å². The maximum Gasteiger partial charge on any atom is 0.0794 e. The minimum atomic E-state index is 0.284. The van der Waals surface area contributed by atoms with Crippen molar-refractivity contribution in [2.24, 2.45) is 0 Å². The van der Waals surface area contributed by atoms with Crippen LogP contribution in [-0.4, -0.2) is 30.8 Å². The van der Waals surface area contributed by atoms with Gasteiger partial charge in [0.15, 0.2) is 0 Å². The Hall–Kier alpha value is -0.450. The van der Waals surface area contributed by atoms with E-state index in [4.69, 9.17) is 4.74 Å². The molecule has 1 rings (SSSR count). The minimum Gasteiger partial charge on any atom is -0.380 e. The Bertz CT molecular complexity index is 247. The number of likely N-dealkylation sites (N-methyl/N-ethyl adjacent to an activating group) is 1. The second-order valence-corrected chi connectivity index (χ2v) is 4.49. The molecule has 0 amide bonds. The molecule has 0 aliphatic heterocycles. The predicted octanol–water partition coefficient (Wildman–Crippen LogP) is 2.09. The first-order valence-corrected chi connectivity index (χ1v) is 6.33. The number of nitrogens with zero attached hydrogens (tertiary/aromatic N) is 1. The van der Waals surface area contributed by atoms with Gasteiger partial charge in [0.2, 0.25) is 0 Å². The summed E-state index contributed by atoms with van der Waals surface area (Å²) in [6, 6.07) is 0.394. The summed E-state index contributed by atoms with van der Waals surface area (Å²) in [4.78, 5) is 5.41. The smallest absolute Gasteiger partial charge is 0.0794 e. The molecule has 0 bridgehead atoms. The van der Waals surface area contributed by atoms with E-state index in [9.17, 15) is 0 Å². The van der Waals surface area contributed by atoms with Crippen molar-refractivity contribution in [2.45, 2.75) is 38.8 Å². The second-order valence-electron chi connectivity index (χ2n) is 3.52. The largest absolute Gasteiger partial charge is 0.380 e. The number of methoxy groups -OCH3 is 1. The molecule has 4 heteroatoms. The van der Waals surface area contributed by atoms with Gasteiger partial charge < -0.3 is 10.1 Å². The van der Waals surface area contributed by atoms with Crippen LogP contribution < -0.4 is 5.32 Å². The van der Waals surface area contributed by atoms with Crippen LogP contribution >= 0.6 is 11.3 Å². The van der Waals surface area contributed by atoms with Crippen LogP contribution in [0, 0.1) is 0 Å². The molecule has 0 saturated heterocycles. The van der Waals surface area contributed by atoms with Crippen LogP contribution in [0.4, 0.5) is 0 Å². The van der Waals surface area contributed by atoms with E-state index in [1.807, 2.05) is 11.7 Å². The van der Waals surface area contributed by atoms with Gasteiger partial charge in [-0.3, -0.25) is 4.98 Å². The van der Waals surface area contributed by atoms with E-state index in [1.165, 1.54) is 4.88 Å². The van der Waals surface area contributed by atoms with Gasteiger partial charge in [-0.1, -0.05) is 13.8 Å². The minimum absolute atomic E-state index is 0.284. The van der Waals surface area contributed by atoms with E-state index in [0.29, 0.717) is 6.04 Å². The van der Waals surface area contributed by atoms with Gasteiger partial charge >= 0.3 is 0 Å². The van der Waals surface area contributed by atoms with Crippen molar-refractivity contribution in [3.8, 4) is 0 Å². The Morgan fingerprint density at radius 3 is 2.80 bits per heavy atom. The van der Waals surface area contributed by atoms with Gasteiger partial charge in [-0.2, -0.15) is 0 Å². The topological polar surface area (TPSA) is 34.2 Å². The van der Waals surface area contributed by atoms with Crippen molar-refractivity contribution in [1.82, 2.24) is 10.3 Å². The van der Waals surface area contributed by atoms with E-state index in [2.05, 4.69) is 24.1 Å². The molecule has 86 valence electrons.